The number of carbonyl (C=O) groups is 1. The van der Waals surface area contributed by atoms with Crippen molar-refractivity contribution in [1.82, 2.24) is 10.3 Å². The second-order valence-electron chi connectivity index (χ2n) is 11.2. The van der Waals surface area contributed by atoms with Crippen LogP contribution in [-0.2, 0) is 16.0 Å². The number of rotatable bonds is 4. The van der Waals surface area contributed by atoms with E-state index in [1.54, 1.807) is 0 Å². The largest absolute Gasteiger partial charge is 0.392 e. The van der Waals surface area contributed by atoms with Crippen LogP contribution in [0.25, 0.3) is 32.9 Å². The number of hydrogen-bond acceptors (Lipinski definition) is 4. The van der Waals surface area contributed by atoms with Crippen LogP contribution in [0.3, 0.4) is 0 Å². The summed E-state index contributed by atoms with van der Waals surface area (Å²) in [5.74, 6) is -0.282. The van der Waals surface area contributed by atoms with E-state index in [-0.39, 0.29) is 23.5 Å². The van der Waals surface area contributed by atoms with E-state index >= 15 is 0 Å². The molecule has 7 rings (SSSR count). The molecule has 6 heteroatoms. The van der Waals surface area contributed by atoms with E-state index in [0.717, 1.165) is 55.2 Å². The van der Waals surface area contributed by atoms with Gasteiger partial charge in [-0.1, -0.05) is 56.3 Å². The van der Waals surface area contributed by atoms with E-state index in [9.17, 15) is 9.90 Å². The van der Waals surface area contributed by atoms with Gasteiger partial charge in [0.05, 0.1) is 30.4 Å². The third kappa shape index (κ3) is 3.18. The zero-order chi connectivity index (χ0) is 24.6. The molecule has 3 aromatic carbocycles. The lowest BCUT2D eigenvalue weighted by atomic mass is 9.85. The van der Waals surface area contributed by atoms with Gasteiger partial charge >= 0.3 is 0 Å². The first kappa shape index (κ1) is 22.0. The standard InChI is InChI=1S/C30H30N2O4/c1-30(2)14-35-22(36-15-30)12-11-21(33)24-16-7-3-4-8-17(16)25-26-19(13-31-29(26)34)23-18-9-5-6-10-20(18)32-28(23)27(24)25/h3-10,21-22,24,32-33H,11-15H2,1-2H3,(H,31,34)/t21-,24-/m0/s1. The first-order valence-corrected chi connectivity index (χ1v) is 12.8. The second-order valence-corrected chi connectivity index (χ2v) is 11.2. The third-order valence-corrected chi connectivity index (χ3v) is 8.03. The minimum absolute atomic E-state index is 0.0145. The fourth-order valence-corrected chi connectivity index (χ4v) is 6.39. The first-order valence-electron chi connectivity index (χ1n) is 12.8. The van der Waals surface area contributed by atoms with Crippen molar-refractivity contribution in [3.05, 3.63) is 70.8 Å². The molecule has 0 unspecified atom stereocenters. The van der Waals surface area contributed by atoms with Gasteiger partial charge < -0.3 is 24.9 Å². The SMILES string of the molecule is CC1(C)COC(CC[C@H](O)[C@@H]2c3ccccc3-c3c4c(c5c([nH]c6ccccc65)c32)CNC4=O)OC1. The van der Waals surface area contributed by atoms with Gasteiger partial charge in [0.1, 0.15) is 0 Å². The van der Waals surface area contributed by atoms with Crippen LogP contribution in [0, 0.1) is 5.41 Å². The average Bonchev–Trinajstić information content (AvgIpc) is 3.54. The molecule has 2 aliphatic heterocycles. The lowest BCUT2D eigenvalue weighted by Crippen LogP contribution is -2.38. The van der Waals surface area contributed by atoms with Crippen molar-refractivity contribution in [2.45, 2.75) is 51.5 Å². The summed E-state index contributed by atoms with van der Waals surface area (Å²) in [6, 6.07) is 16.4. The van der Waals surface area contributed by atoms with Crippen molar-refractivity contribution in [3.63, 3.8) is 0 Å². The highest BCUT2D eigenvalue weighted by Gasteiger charge is 2.41. The predicted octanol–water partition coefficient (Wildman–Crippen LogP) is 5.22. The summed E-state index contributed by atoms with van der Waals surface area (Å²) in [6.07, 6.45) is 0.204. The fraction of sp³-hybridized carbons (Fsp3) is 0.367. The first-order chi connectivity index (χ1) is 17.4. The quantitative estimate of drug-likeness (QED) is 0.373. The van der Waals surface area contributed by atoms with Gasteiger partial charge in [0.2, 0.25) is 0 Å². The second kappa shape index (κ2) is 7.90. The van der Waals surface area contributed by atoms with Gasteiger partial charge in [-0.25, -0.2) is 0 Å². The number of aromatic amines is 1. The van der Waals surface area contributed by atoms with Crippen LogP contribution < -0.4 is 5.32 Å². The van der Waals surface area contributed by atoms with Gasteiger partial charge in [0, 0.05) is 46.2 Å². The minimum Gasteiger partial charge on any atom is -0.392 e. The highest BCUT2D eigenvalue weighted by Crippen LogP contribution is 2.54. The van der Waals surface area contributed by atoms with E-state index in [1.165, 1.54) is 0 Å². The summed E-state index contributed by atoms with van der Waals surface area (Å²) in [5, 5.41) is 17.0. The smallest absolute Gasteiger partial charge is 0.252 e. The Labute approximate surface area is 209 Å². The van der Waals surface area contributed by atoms with Crippen LogP contribution in [0.1, 0.15) is 59.7 Å². The molecular weight excluding hydrogens is 452 g/mol. The average molecular weight is 483 g/mol. The number of amides is 1. The Balaban J connectivity index is 1.37. The molecule has 1 saturated heterocycles. The number of hydrogen-bond donors (Lipinski definition) is 3. The van der Waals surface area contributed by atoms with Crippen LogP contribution in [0.5, 0.6) is 0 Å². The van der Waals surface area contributed by atoms with Gasteiger partial charge in [0.25, 0.3) is 5.91 Å². The minimum atomic E-state index is -0.647. The molecule has 6 nitrogen and oxygen atoms in total. The molecule has 4 aromatic rings. The molecule has 0 radical (unpaired) electrons. The van der Waals surface area contributed by atoms with Crippen molar-refractivity contribution in [3.8, 4) is 11.1 Å². The summed E-state index contributed by atoms with van der Waals surface area (Å²) in [6.45, 7) is 6.08. The highest BCUT2D eigenvalue weighted by atomic mass is 16.7. The fourth-order valence-electron chi connectivity index (χ4n) is 6.39. The number of aromatic nitrogens is 1. The summed E-state index contributed by atoms with van der Waals surface area (Å²) in [4.78, 5) is 16.8. The zero-order valence-electron chi connectivity index (χ0n) is 20.6. The van der Waals surface area contributed by atoms with E-state index in [4.69, 9.17) is 9.47 Å². The van der Waals surface area contributed by atoms with E-state index < -0.39 is 6.10 Å². The van der Waals surface area contributed by atoms with Crippen LogP contribution in [0.2, 0.25) is 0 Å². The Morgan fingerprint density at radius 3 is 2.64 bits per heavy atom. The van der Waals surface area contributed by atoms with Gasteiger partial charge in [-0.2, -0.15) is 0 Å². The Kier molecular flexibility index (Phi) is 4.84. The van der Waals surface area contributed by atoms with Crippen LogP contribution in [-0.4, -0.2) is 41.6 Å². The number of ether oxygens (including phenoxy) is 2. The van der Waals surface area contributed by atoms with Crippen LogP contribution in [0.4, 0.5) is 0 Å². The lowest BCUT2D eigenvalue weighted by molar-refractivity contribution is -0.225. The number of aliphatic hydroxyl groups is 1. The van der Waals surface area contributed by atoms with Gasteiger partial charge in [-0.3, -0.25) is 4.79 Å². The Hall–Kier alpha value is -3.19. The monoisotopic (exact) mass is 482 g/mol. The van der Waals surface area contributed by atoms with Crippen molar-refractivity contribution in [2.24, 2.45) is 5.41 Å². The maximum Gasteiger partial charge on any atom is 0.252 e. The highest BCUT2D eigenvalue weighted by molar-refractivity contribution is 6.19. The zero-order valence-corrected chi connectivity index (χ0v) is 20.6. The summed E-state index contributed by atoms with van der Waals surface area (Å²) >= 11 is 0. The lowest BCUT2D eigenvalue weighted by Gasteiger charge is -2.35. The topological polar surface area (TPSA) is 83.6 Å². The Morgan fingerprint density at radius 1 is 1.06 bits per heavy atom. The molecule has 0 bridgehead atoms. The number of nitrogens with one attached hydrogen (secondary N) is 2. The van der Waals surface area contributed by atoms with E-state index in [1.807, 2.05) is 24.3 Å². The number of carbonyl (C=O) groups excluding carboxylic acids is 1. The van der Waals surface area contributed by atoms with Crippen molar-refractivity contribution in [2.75, 3.05) is 13.2 Å². The van der Waals surface area contributed by atoms with Crippen LogP contribution >= 0.6 is 0 Å². The molecule has 3 N–H and O–H groups in total. The summed E-state index contributed by atoms with van der Waals surface area (Å²) < 4.78 is 11.9. The van der Waals surface area contributed by atoms with E-state index in [2.05, 4.69) is 48.4 Å². The van der Waals surface area contributed by atoms with Gasteiger partial charge in [-0.05, 0) is 34.7 Å². The summed E-state index contributed by atoms with van der Waals surface area (Å²) in [5.41, 5.74) is 7.97. The molecule has 36 heavy (non-hydrogen) atoms. The number of fused-ring (bicyclic) bond motifs is 10. The molecule has 1 aliphatic carbocycles. The third-order valence-electron chi connectivity index (χ3n) is 8.03. The van der Waals surface area contributed by atoms with E-state index in [0.29, 0.717) is 32.6 Å². The molecule has 184 valence electrons. The number of para-hydroxylation sites is 1. The molecule has 2 atom stereocenters. The molecule has 1 fully saturated rings. The Bertz CT molecular complexity index is 1530. The molecular formula is C30H30N2O4. The number of aliphatic hydroxyl groups excluding tert-OH is 1. The number of benzene rings is 3. The van der Waals surface area contributed by atoms with Crippen molar-refractivity contribution in [1.29, 1.82) is 0 Å². The number of H-pyrrole nitrogens is 1. The molecule has 3 heterocycles. The summed E-state index contributed by atoms with van der Waals surface area (Å²) in [7, 11) is 0. The van der Waals surface area contributed by atoms with Crippen molar-refractivity contribution >= 4 is 27.7 Å². The molecule has 1 amide bonds. The van der Waals surface area contributed by atoms with Gasteiger partial charge in [-0.15, -0.1) is 0 Å². The molecule has 0 spiro atoms. The molecule has 1 aromatic heterocycles. The predicted molar refractivity (Wildman–Crippen MR) is 139 cm³/mol. The Morgan fingerprint density at radius 2 is 1.81 bits per heavy atom. The molecule has 3 aliphatic rings. The van der Waals surface area contributed by atoms with Crippen LogP contribution in [0.15, 0.2) is 48.5 Å². The van der Waals surface area contributed by atoms with Gasteiger partial charge in [0.15, 0.2) is 6.29 Å². The molecule has 0 saturated carbocycles. The normalized spacial score (nSPS) is 21.4. The maximum absolute atomic E-state index is 13.2. The van der Waals surface area contributed by atoms with Crippen molar-refractivity contribution < 1.29 is 19.4 Å². The maximum atomic E-state index is 13.2.